The highest BCUT2D eigenvalue weighted by molar-refractivity contribution is 5.87. The smallest absolute Gasteiger partial charge is 0.335 e. The highest BCUT2D eigenvalue weighted by atomic mass is 16.6. The Labute approximate surface area is 144 Å². The minimum Gasteiger partial charge on any atom is -0.481 e. The lowest BCUT2D eigenvalue weighted by molar-refractivity contribution is -0.136. The molecule has 0 radical (unpaired) electrons. The summed E-state index contributed by atoms with van der Waals surface area (Å²) < 4.78 is 0. The van der Waals surface area contributed by atoms with E-state index in [2.05, 4.69) is 0 Å². The first-order valence-corrected chi connectivity index (χ1v) is 6.75. The number of benzene rings is 1. The first-order chi connectivity index (χ1) is 11.8. The molecule has 0 fully saturated rings. The van der Waals surface area contributed by atoms with Gasteiger partial charge in [0.15, 0.2) is 5.34 Å². The molecule has 4 N–H and O–H groups in total. The van der Waals surface area contributed by atoms with Gasteiger partial charge in [0.1, 0.15) is 0 Å². The Morgan fingerprint density at radius 2 is 1.48 bits per heavy atom. The fraction of sp³-hybridized carbons (Fsp3) is 0.188. The summed E-state index contributed by atoms with van der Waals surface area (Å²) in [5, 5.41) is 32.0. The van der Waals surface area contributed by atoms with Crippen LogP contribution in [0.3, 0.4) is 0 Å². The predicted octanol–water partition coefficient (Wildman–Crippen LogP) is 3.21. The summed E-state index contributed by atoms with van der Waals surface area (Å²) in [5.74, 6) is -2.54. The van der Waals surface area contributed by atoms with Crippen molar-refractivity contribution < 1.29 is 34.9 Å². The van der Waals surface area contributed by atoms with Crippen molar-refractivity contribution in [3.05, 3.63) is 65.1 Å². The molecule has 25 heavy (non-hydrogen) atoms. The number of aromatic carboxylic acids is 1. The number of rotatable bonds is 4. The Bertz CT molecular complexity index is 553. The van der Waals surface area contributed by atoms with Crippen LogP contribution in [-0.4, -0.2) is 38.4 Å². The Morgan fingerprint density at radius 1 is 1.04 bits per heavy atom. The normalized spacial score (nSPS) is 8.72. The van der Waals surface area contributed by atoms with E-state index in [9.17, 15) is 14.4 Å². The first-order valence-electron chi connectivity index (χ1n) is 6.75. The average molecular weight is 355 g/mol. The van der Waals surface area contributed by atoms with Gasteiger partial charge in [0.05, 0.1) is 5.56 Å². The lowest BCUT2D eigenvalue weighted by Gasteiger charge is -1.88. The molecule has 0 heterocycles. The third kappa shape index (κ3) is 29.2. The lowest BCUT2D eigenvalue weighted by atomic mass is 10.2. The van der Waals surface area contributed by atoms with E-state index >= 15 is 0 Å². The van der Waals surface area contributed by atoms with Gasteiger partial charge in [0, 0.05) is 12.5 Å². The molecule has 1 aromatic carbocycles. The summed E-state index contributed by atoms with van der Waals surface area (Å²) in [4.78, 5) is 37.4. The zero-order chi connectivity index (χ0) is 20.1. The van der Waals surface area contributed by atoms with Crippen LogP contribution in [0.2, 0.25) is 0 Å². The topological polar surface area (TPSA) is 162 Å². The molecule has 1 aromatic rings. The van der Waals surface area contributed by atoms with Gasteiger partial charge in [-0.05, 0) is 19.1 Å². The van der Waals surface area contributed by atoms with Crippen molar-refractivity contribution in [1.82, 2.24) is 0 Å². The lowest BCUT2D eigenvalue weighted by Crippen LogP contribution is -1.93. The quantitative estimate of drug-likeness (QED) is 0.277. The number of nitrogens with zero attached hydrogens (tertiary/aromatic N) is 1. The molecule has 0 saturated heterocycles. The Balaban J connectivity index is -0.000000278. The van der Waals surface area contributed by atoms with Crippen LogP contribution in [0.4, 0.5) is 0 Å². The Hall–Kier alpha value is -3.49. The molecular formula is C16H21NO8. The molecule has 0 aliphatic heterocycles. The second kappa shape index (κ2) is 20.5. The molecule has 0 saturated carbocycles. The van der Waals surface area contributed by atoms with E-state index in [1.807, 2.05) is 6.92 Å². The summed E-state index contributed by atoms with van der Waals surface area (Å²) in [5.41, 5.74) is 0.331. The number of carboxylic acid groups (broad SMARTS) is 3. The van der Waals surface area contributed by atoms with Crippen LogP contribution < -0.4 is 0 Å². The van der Waals surface area contributed by atoms with Crippen LogP contribution in [-0.2, 0) is 9.59 Å². The van der Waals surface area contributed by atoms with Gasteiger partial charge in [-0.15, -0.1) is 4.91 Å². The molecule has 9 nitrogen and oxygen atoms in total. The van der Waals surface area contributed by atoms with Crippen molar-refractivity contribution in [3.63, 3.8) is 0 Å². The minimum atomic E-state index is -0.914. The van der Waals surface area contributed by atoms with Gasteiger partial charge in [0.2, 0.25) is 0 Å². The van der Waals surface area contributed by atoms with E-state index in [1.165, 1.54) is 11.4 Å². The maximum absolute atomic E-state index is 10.2. The molecular weight excluding hydrogens is 334 g/mol. The molecule has 138 valence electrons. The maximum atomic E-state index is 10.2. The number of carboxylic acids is 3. The van der Waals surface area contributed by atoms with Gasteiger partial charge in [-0.1, -0.05) is 43.4 Å². The van der Waals surface area contributed by atoms with Crippen LogP contribution in [0.1, 0.15) is 30.6 Å². The monoisotopic (exact) mass is 355 g/mol. The van der Waals surface area contributed by atoms with E-state index < -0.39 is 17.9 Å². The highest BCUT2D eigenvalue weighted by Crippen LogP contribution is 1.96. The fourth-order valence-electron chi connectivity index (χ4n) is 0.830. The second-order valence-electron chi connectivity index (χ2n) is 3.72. The molecule has 0 amide bonds. The molecule has 0 aliphatic carbocycles. The van der Waals surface area contributed by atoms with Crippen molar-refractivity contribution in [1.29, 1.82) is 0 Å². The molecule has 0 aromatic heterocycles. The van der Waals surface area contributed by atoms with Crippen LogP contribution in [0.25, 0.3) is 0 Å². The molecule has 0 unspecified atom stereocenters. The highest BCUT2D eigenvalue weighted by Gasteiger charge is 1.96. The standard InChI is InChI=1S/C7H6O2.C6H8O2.C3H6O2.HNO2/c8-7(9)6-4-2-1-3-5-6;1-2-3-4-5-6(7)8;1-2-3(4)5;2-1-3/h1-5H,(H,8,9);2-5H,1H3,(H,7,8);2H2,1H3,(H,4,5);(H,2,3). The van der Waals surface area contributed by atoms with E-state index in [0.29, 0.717) is 5.56 Å². The van der Waals surface area contributed by atoms with E-state index in [-0.39, 0.29) is 6.42 Å². The van der Waals surface area contributed by atoms with Gasteiger partial charge in [-0.3, -0.25) is 4.79 Å². The predicted molar refractivity (Wildman–Crippen MR) is 90.5 cm³/mol. The average Bonchev–Trinajstić information content (AvgIpc) is 2.57. The summed E-state index contributed by atoms with van der Waals surface area (Å²) in [6, 6.07) is 8.30. The van der Waals surface area contributed by atoms with E-state index in [4.69, 9.17) is 25.4 Å². The number of carbonyl (C=O) groups is 3. The molecule has 9 heteroatoms. The van der Waals surface area contributed by atoms with Crippen LogP contribution >= 0.6 is 0 Å². The van der Waals surface area contributed by atoms with Gasteiger partial charge in [-0.25, -0.2) is 9.59 Å². The Kier molecular flexibility index (Phi) is 21.7. The van der Waals surface area contributed by atoms with Crippen molar-refractivity contribution in [2.75, 3.05) is 0 Å². The molecule has 0 bridgehead atoms. The molecule has 0 spiro atoms. The summed E-state index contributed by atoms with van der Waals surface area (Å²) >= 11 is 0. The van der Waals surface area contributed by atoms with Crippen molar-refractivity contribution in [2.24, 2.45) is 5.34 Å². The zero-order valence-corrected chi connectivity index (χ0v) is 13.8. The zero-order valence-electron chi connectivity index (χ0n) is 13.8. The van der Waals surface area contributed by atoms with Gasteiger partial charge in [-0.2, -0.15) is 0 Å². The SMILES string of the molecule is CC=CC=CC(=O)O.CCC(=O)O.O=C(O)c1ccccc1.O=NO. The summed E-state index contributed by atoms with van der Waals surface area (Å²) in [7, 11) is 0. The third-order valence-electron chi connectivity index (χ3n) is 1.87. The third-order valence-corrected chi connectivity index (χ3v) is 1.87. The van der Waals surface area contributed by atoms with Crippen molar-refractivity contribution >= 4 is 17.9 Å². The largest absolute Gasteiger partial charge is 0.481 e. The molecule has 1 rings (SSSR count). The van der Waals surface area contributed by atoms with E-state index in [0.717, 1.165) is 6.08 Å². The summed E-state index contributed by atoms with van der Waals surface area (Å²) in [6.45, 7) is 3.43. The van der Waals surface area contributed by atoms with Crippen molar-refractivity contribution in [3.8, 4) is 0 Å². The number of hydrogen-bond donors (Lipinski definition) is 4. The van der Waals surface area contributed by atoms with Crippen LogP contribution in [0, 0.1) is 4.91 Å². The van der Waals surface area contributed by atoms with Gasteiger partial charge in [0.25, 0.3) is 0 Å². The second-order valence-corrected chi connectivity index (χ2v) is 3.72. The van der Waals surface area contributed by atoms with Gasteiger partial charge >= 0.3 is 17.9 Å². The number of aliphatic carboxylic acids is 2. The van der Waals surface area contributed by atoms with Crippen molar-refractivity contribution in [2.45, 2.75) is 20.3 Å². The fourth-order valence-corrected chi connectivity index (χ4v) is 0.830. The van der Waals surface area contributed by atoms with Crippen LogP contribution in [0.15, 0.2) is 60.0 Å². The summed E-state index contributed by atoms with van der Waals surface area (Å²) in [6.07, 6.45) is 6.20. The van der Waals surface area contributed by atoms with Crippen LogP contribution in [0.5, 0.6) is 0 Å². The minimum absolute atomic E-state index is 0.222. The molecule has 0 aliphatic rings. The maximum Gasteiger partial charge on any atom is 0.335 e. The molecule has 0 atom stereocenters. The van der Waals surface area contributed by atoms with E-state index in [1.54, 1.807) is 49.4 Å². The Morgan fingerprint density at radius 3 is 1.72 bits per heavy atom. The van der Waals surface area contributed by atoms with Gasteiger partial charge < -0.3 is 20.5 Å². The number of allylic oxidation sites excluding steroid dienone is 3. The number of hydrogen-bond acceptors (Lipinski definition) is 5. The first kappa shape index (κ1) is 26.4.